The third-order valence-corrected chi connectivity index (χ3v) is 7.60. The number of halogens is 4. The molecule has 0 spiro atoms. The smallest absolute Gasteiger partial charge is 0.404 e. The number of pyridine rings is 1. The molecule has 0 fully saturated rings. The van der Waals surface area contributed by atoms with Crippen LogP contribution in [0.2, 0.25) is 0 Å². The molecule has 2 aromatic carbocycles. The number of nitrogens with zero attached hydrogens (tertiary/aromatic N) is 3. The number of hydrogen-bond donors (Lipinski definition) is 1. The number of hydrogen-bond acceptors (Lipinski definition) is 5. The number of sulfonamides is 1. The van der Waals surface area contributed by atoms with Crippen molar-refractivity contribution in [2.45, 2.75) is 37.4 Å². The lowest BCUT2D eigenvalue weighted by molar-refractivity contribution is -0.147. The molecule has 4 rings (SSSR count). The number of rotatable bonds is 7. The van der Waals surface area contributed by atoms with Crippen LogP contribution in [0.3, 0.4) is 0 Å². The fourth-order valence-electron chi connectivity index (χ4n) is 4.02. The Bertz CT molecular complexity index is 1640. The number of aryl methyl sites for hydroxylation is 1. The summed E-state index contributed by atoms with van der Waals surface area (Å²) in [6.45, 7) is 2.49. The number of fused-ring (bicyclic) bond motifs is 1. The molecule has 1 N–H and O–H groups in total. The van der Waals surface area contributed by atoms with E-state index in [1.54, 1.807) is 46.5 Å². The van der Waals surface area contributed by atoms with E-state index >= 15 is 0 Å². The maximum atomic E-state index is 14.7. The van der Waals surface area contributed by atoms with Crippen LogP contribution in [0.15, 0.2) is 59.6 Å². The maximum Gasteiger partial charge on any atom is 0.404 e. The summed E-state index contributed by atoms with van der Waals surface area (Å²) in [6, 6.07) is 12.0. The van der Waals surface area contributed by atoms with Gasteiger partial charge in [0.2, 0.25) is 10.0 Å². The zero-order chi connectivity index (χ0) is 27.8. The fourth-order valence-corrected chi connectivity index (χ4v) is 5.20. The minimum atomic E-state index is -4.77. The average molecular weight is 547 g/mol. The first-order valence-electron chi connectivity index (χ1n) is 11.4. The molecule has 1 unspecified atom stereocenters. The molecule has 2 aromatic heterocycles. The van der Waals surface area contributed by atoms with Gasteiger partial charge in [0.1, 0.15) is 28.6 Å². The van der Waals surface area contributed by atoms with Gasteiger partial charge in [-0.05, 0) is 67.4 Å². The van der Waals surface area contributed by atoms with Gasteiger partial charge < -0.3 is 9.30 Å². The number of nitriles is 1. The van der Waals surface area contributed by atoms with Crippen LogP contribution in [0.1, 0.15) is 25.0 Å². The minimum absolute atomic E-state index is 0.101. The molecule has 7 nitrogen and oxygen atoms in total. The molecule has 0 bridgehead atoms. The second kappa shape index (κ2) is 10.1. The summed E-state index contributed by atoms with van der Waals surface area (Å²) in [6.07, 6.45) is -3.45. The van der Waals surface area contributed by atoms with E-state index in [4.69, 9.17) is 4.74 Å². The number of aromatic nitrogens is 2. The Morgan fingerprint density at radius 3 is 2.37 bits per heavy atom. The van der Waals surface area contributed by atoms with Crippen molar-refractivity contribution in [3.63, 3.8) is 0 Å². The van der Waals surface area contributed by atoms with E-state index in [0.717, 1.165) is 12.3 Å². The van der Waals surface area contributed by atoms with Crippen LogP contribution in [-0.2, 0) is 16.4 Å². The molecule has 0 amide bonds. The van der Waals surface area contributed by atoms with Gasteiger partial charge in [-0.1, -0.05) is 6.92 Å². The van der Waals surface area contributed by atoms with Crippen molar-refractivity contribution in [1.29, 1.82) is 5.26 Å². The summed E-state index contributed by atoms with van der Waals surface area (Å²) in [5.74, 6) is 0.106. The van der Waals surface area contributed by atoms with E-state index in [1.807, 2.05) is 0 Å². The predicted molar refractivity (Wildman–Crippen MR) is 133 cm³/mol. The first kappa shape index (κ1) is 27.1. The molecule has 0 aliphatic rings. The summed E-state index contributed by atoms with van der Waals surface area (Å²) < 4.78 is 86.9. The molecule has 198 valence electrons. The highest BCUT2D eigenvalue weighted by Crippen LogP contribution is 2.37. The molecule has 12 heteroatoms. The molecule has 0 aliphatic heterocycles. The topological polar surface area (TPSA) is 97.0 Å². The van der Waals surface area contributed by atoms with Crippen molar-refractivity contribution < 1.29 is 30.7 Å². The lowest BCUT2D eigenvalue weighted by Crippen LogP contribution is -2.42. The molecule has 1 atom stereocenters. The first-order chi connectivity index (χ1) is 17.9. The van der Waals surface area contributed by atoms with Gasteiger partial charge in [-0.2, -0.15) is 23.2 Å². The lowest BCUT2D eigenvalue weighted by Gasteiger charge is -2.17. The van der Waals surface area contributed by atoms with Gasteiger partial charge in [0.05, 0.1) is 29.6 Å². The van der Waals surface area contributed by atoms with E-state index < -0.39 is 33.0 Å². The van der Waals surface area contributed by atoms with Crippen molar-refractivity contribution >= 4 is 20.9 Å². The van der Waals surface area contributed by atoms with E-state index in [1.165, 1.54) is 19.2 Å². The summed E-state index contributed by atoms with van der Waals surface area (Å²) in [4.78, 5) is 3.70. The van der Waals surface area contributed by atoms with E-state index in [-0.39, 0.29) is 17.0 Å². The predicted octanol–water partition coefficient (Wildman–Crippen LogP) is 5.50. The molecule has 0 aliphatic carbocycles. The van der Waals surface area contributed by atoms with Crippen LogP contribution in [-0.4, -0.2) is 37.3 Å². The Labute approximate surface area is 216 Å². The monoisotopic (exact) mass is 546 g/mol. The van der Waals surface area contributed by atoms with E-state index in [2.05, 4.69) is 11.1 Å². The Hall–Kier alpha value is -3.95. The van der Waals surface area contributed by atoms with Gasteiger partial charge in [0.15, 0.2) is 0 Å². The SMILES string of the molecule is CCc1cc2c(cc1F)c(C#N)c(-c1ccc(S(=O)(=O)NC(C)C(F)(F)F)cn1)n2-c1ccc(OC)cc1. The lowest BCUT2D eigenvalue weighted by atomic mass is 10.1. The number of nitrogens with one attached hydrogen (secondary N) is 1. The van der Waals surface area contributed by atoms with Gasteiger partial charge in [0, 0.05) is 17.3 Å². The standard InChI is InChI=1S/C26H22F4N4O3S/c1-4-16-11-24-20(12-22(16)27)21(13-31)25(34(24)17-5-7-18(37-3)8-6-17)23-10-9-19(14-32-23)38(35,36)33-15(2)26(28,29)30/h5-12,14-15,33H,4H2,1-3H3. The van der Waals surface area contributed by atoms with Crippen LogP contribution in [0.25, 0.3) is 28.0 Å². The Morgan fingerprint density at radius 2 is 1.84 bits per heavy atom. The number of benzene rings is 2. The second-order valence-electron chi connectivity index (χ2n) is 8.45. The van der Waals surface area contributed by atoms with E-state index in [9.17, 15) is 31.2 Å². The molecule has 0 radical (unpaired) electrons. The van der Waals surface area contributed by atoms with Gasteiger partial charge in [-0.3, -0.25) is 4.98 Å². The highest BCUT2D eigenvalue weighted by molar-refractivity contribution is 7.89. The van der Waals surface area contributed by atoms with Gasteiger partial charge >= 0.3 is 6.18 Å². The zero-order valence-corrected chi connectivity index (χ0v) is 21.3. The molecule has 0 saturated carbocycles. The zero-order valence-electron chi connectivity index (χ0n) is 20.5. The highest BCUT2D eigenvalue weighted by Gasteiger charge is 2.39. The van der Waals surface area contributed by atoms with Gasteiger partial charge in [-0.25, -0.2) is 12.8 Å². The molecule has 2 heterocycles. The maximum absolute atomic E-state index is 14.7. The summed E-state index contributed by atoms with van der Waals surface area (Å²) in [7, 11) is -3.02. The van der Waals surface area contributed by atoms with Crippen LogP contribution in [0.5, 0.6) is 5.75 Å². The van der Waals surface area contributed by atoms with Crippen molar-refractivity contribution in [1.82, 2.24) is 14.3 Å². The number of ether oxygens (including phenoxy) is 1. The van der Waals surface area contributed by atoms with Crippen LogP contribution in [0.4, 0.5) is 17.6 Å². The van der Waals surface area contributed by atoms with Gasteiger partial charge in [0.25, 0.3) is 0 Å². The van der Waals surface area contributed by atoms with Crippen LogP contribution >= 0.6 is 0 Å². The van der Waals surface area contributed by atoms with Crippen molar-refractivity contribution in [3.8, 4) is 28.9 Å². The third-order valence-electron chi connectivity index (χ3n) is 6.07. The average Bonchev–Trinajstić information content (AvgIpc) is 3.20. The fraction of sp³-hybridized carbons (Fsp3) is 0.231. The quantitative estimate of drug-likeness (QED) is 0.309. The van der Waals surface area contributed by atoms with Crippen molar-refractivity contribution in [2.24, 2.45) is 0 Å². The van der Waals surface area contributed by atoms with Crippen molar-refractivity contribution in [2.75, 3.05) is 7.11 Å². The molecular formula is C26H22F4N4O3S. The first-order valence-corrected chi connectivity index (χ1v) is 12.9. The van der Waals surface area contributed by atoms with E-state index in [0.29, 0.717) is 41.2 Å². The third kappa shape index (κ3) is 4.94. The molecule has 38 heavy (non-hydrogen) atoms. The summed E-state index contributed by atoms with van der Waals surface area (Å²) in [5.41, 5.74) is 2.08. The molecule has 0 saturated heterocycles. The molecule has 4 aromatic rings. The van der Waals surface area contributed by atoms with Crippen LogP contribution in [0, 0.1) is 17.1 Å². The Morgan fingerprint density at radius 1 is 1.16 bits per heavy atom. The Kier molecular flexibility index (Phi) is 7.18. The summed E-state index contributed by atoms with van der Waals surface area (Å²) >= 11 is 0. The van der Waals surface area contributed by atoms with Crippen molar-refractivity contribution in [3.05, 3.63) is 71.7 Å². The van der Waals surface area contributed by atoms with Gasteiger partial charge in [-0.15, -0.1) is 0 Å². The Balaban J connectivity index is 1.92. The number of alkyl halides is 3. The minimum Gasteiger partial charge on any atom is -0.497 e. The second-order valence-corrected chi connectivity index (χ2v) is 10.2. The van der Waals surface area contributed by atoms with Crippen LogP contribution < -0.4 is 9.46 Å². The highest BCUT2D eigenvalue weighted by atomic mass is 32.2. The largest absolute Gasteiger partial charge is 0.497 e. The number of methoxy groups -OCH3 is 1. The summed E-state index contributed by atoms with van der Waals surface area (Å²) in [5, 5.41) is 10.4. The normalized spacial score (nSPS) is 12.9. The molecular weight excluding hydrogens is 524 g/mol.